The van der Waals surface area contributed by atoms with Gasteiger partial charge in [0.25, 0.3) is 0 Å². The van der Waals surface area contributed by atoms with Gasteiger partial charge in [-0.3, -0.25) is 4.98 Å². The van der Waals surface area contributed by atoms with Gasteiger partial charge in [0.15, 0.2) is 0 Å². The normalized spacial score (nSPS) is 10.5. The Balaban J connectivity index is 2.47. The van der Waals surface area contributed by atoms with Crippen LogP contribution in [0.5, 0.6) is 0 Å². The molecule has 0 fully saturated rings. The number of rotatable bonds is 4. The highest BCUT2D eigenvalue weighted by Gasteiger charge is 2.09. The SMILES string of the molecule is CCN(CC)c1cc(-c2cncc(Br)c2)nc(C)n1. The molecule has 2 aromatic rings. The van der Waals surface area contributed by atoms with Crippen LogP contribution in [-0.2, 0) is 0 Å². The molecule has 0 aromatic carbocycles. The third-order valence-electron chi connectivity index (χ3n) is 2.91. The molecule has 0 spiro atoms. The molecule has 2 heterocycles. The average Bonchev–Trinajstić information content (AvgIpc) is 2.39. The highest BCUT2D eigenvalue weighted by Crippen LogP contribution is 2.23. The molecule has 4 nitrogen and oxygen atoms in total. The van der Waals surface area contributed by atoms with E-state index in [2.05, 4.69) is 49.6 Å². The van der Waals surface area contributed by atoms with Crippen LogP contribution in [-0.4, -0.2) is 28.0 Å². The summed E-state index contributed by atoms with van der Waals surface area (Å²) in [7, 11) is 0. The zero-order valence-electron chi connectivity index (χ0n) is 11.4. The van der Waals surface area contributed by atoms with Crippen molar-refractivity contribution in [1.29, 1.82) is 0 Å². The lowest BCUT2D eigenvalue weighted by atomic mass is 10.2. The molecule has 0 saturated carbocycles. The van der Waals surface area contributed by atoms with Crippen molar-refractivity contribution in [2.24, 2.45) is 0 Å². The van der Waals surface area contributed by atoms with Crippen LogP contribution in [0.1, 0.15) is 19.7 Å². The maximum absolute atomic E-state index is 4.51. The highest BCUT2D eigenvalue weighted by molar-refractivity contribution is 9.10. The van der Waals surface area contributed by atoms with E-state index < -0.39 is 0 Å². The van der Waals surface area contributed by atoms with Crippen molar-refractivity contribution in [3.63, 3.8) is 0 Å². The molecule has 2 rings (SSSR count). The Morgan fingerprint density at radius 3 is 2.47 bits per heavy atom. The molecule has 0 aliphatic rings. The van der Waals surface area contributed by atoms with Gasteiger partial charge >= 0.3 is 0 Å². The summed E-state index contributed by atoms with van der Waals surface area (Å²) in [6.07, 6.45) is 3.58. The third kappa shape index (κ3) is 3.29. The molecule has 0 radical (unpaired) electrons. The molecular formula is C14H17BrN4. The fourth-order valence-corrected chi connectivity index (χ4v) is 2.33. The fourth-order valence-electron chi connectivity index (χ4n) is 1.96. The quantitative estimate of drug-likeness (QED) is 0.865. The van der Waals surface area contributed by atoms with E-state index in [1.54, 1.807) is 6.20 Å². The van der Waals surface area contributed by atoms with Gasteiger partial charge in [-0.2, -0.15) is 0 Å². The Morgan fingerprint density at radius 2 is 1.84 bits per heavy atom. The van der Waals surface area contributed by atoms with Gasteiger partial charge in [0.1, 0.15) is 11.6 Å². The molecule has 19 heavy (non-hydrogen) atoms. The molecule has 0 aliphatic heterocycles. The summed E-state index contributed by atoms with van der Waals surface area (Å²) in [5, 5.41) is 0. The monoisotopic (exact) mass is 320 g/mol. The Morgan fingerprint density at radius 1 is 1.11 bits per heavy atom. The van der Waals surface area contributed by atoms with E-state index in [9.17, 15) is 0 Å². The van der Waals surface area contributed by atoms with Crippen molar-refractivity contribution in [1.82, 2.24) is 15.0 Å². The summed E-state index contributed by atoms with van der Waals surface area (Å²) in [6.45, 7) is 8.04. The van der Waals surface area contributed by atoms with Gasteiger partial charge in [-0.1, -0.05) is 0 Å². The Kier molecular flexibility index (Phi) is 4.47. The minimum Gasteiger partial charge on any atom is -0.357 e. The zero-order valence-corrected chi connectivity index (χ0v) is 13.0. The summed E-state index contributed by atoms with van der Waals surface area (Å²) in [6, 6.07) is 4.03. The van der Waals surface area contributed by atoms with E-state index in [0.717, 1.165) is 40.5 Å². The molecule has 0 atom stereocenters. The Bertz CT molecular complexity index is 567. The number of anilines is 1. The molecule has 0 unspecified atom stereocenters. The van der Waals surface area contributed by atoms with E-state index in [1.807, 2.05) is 25.3 Å². The molecule has 0 aliphatic carbocycles. The third-order valence-corrected chi connectivity index (χ3v) is 3.35. The summed E-state index contributed by atoms with van der Waals surface area (Å²) < 4.78 is 0.950. The maximum atomic E-state index is 4.51. The minimum atomic E-state index is 0.777. The maximum Gasteiger partial charge on any atom is 0.132 e. The molecule has 0 saturated heterocycles. The van der Waals surface area contributed by atoms with Crippen molar-refractivity contribution in [2.75, 3.05) is 18.0 Å². The molecule has 100 valence electrons. The zero-order chi connectivity index (χ0) is 13.8. The van der Waals surface area contributed by atoms with E-state index in [4.69, 9.17) is 0 Å². The Labute approximate surface area is 122 Å². The van der Waals surface area contributed by atoms with E-state index >= 15 is 0 Å². The van der Waals surface area contributed by atoms with Gasteiger partial charge in [-0.15, -0.1) is 0 Å². The topological polar surface area (TPSA) is 41.9 Å². The summed E-state index contributed by atoms with van der Waals surface area (Å²) in [5.41, 5.74) is 1.90. The number of aryl methyl sites for hydroxylation is 1. The lowest BCUT2D eigenvalue weighted by Crippen LogP contribution is -2.23. The number of halogens is 1. The van der Waals surface area contributed by atoms with Crippen LogP contribution in [0.4, 0.5) is 5.82 Å². The van der Waals surface area contributed by atoms with Crippen LogP contribution in [0.25, 0.3) is 11.3 Å². The van der Waals surface area contributed by atoms with Crippen molar-refractivity contribution >= 4 is 21.7 Å². The molecule has 0 amide bonds. The first kappa shape index (κ1) is 13.9. The van der Waals surface area contributed by atoms with Gasteiger partial charge in [-0.25, -0.2) is 9.97 Å². The molecule has 0 bridgehead atoms. The lowest BCUT2D eigenvalue weighted by molar-refractivity contribution is 0.835. The van der Waals surface area contributed by atoms with Gasteiger partial charge in [-0.05, 0) is 42.8 Å². The number of hydrogen-bond acceptors (Lipinski definition) is 4. The van der Waals surface area contributed by atoms with Crippen molar-refractivity contribution in [2.45, 2.75) is 20.8 Å². The predicted molar refractivity (Wildman–Crippen MR) is 81.3 cm³/mol. The number of nitrogens with zero attached hydrogens (tertiary/aromatic N) is 4. The summed E-state index contributed by atoms with van der Waals surface area (Å²) in [4.78, 5) is 15.4. The summed E-state index contributed by atoms with van der Waals surface area (Å²) in [5.74, 6) is 1.74. The van der Waals surface area contributed by atoms with Crippen LogP contribution in [0.15, 0.2) is 29.0 Å². The van der Waals surface area contributed by atoms with Crippen molar-refractivity contribution < 1.29 is 0 Å². The predicted octanol–water partition coefficient (Wildman–Crippen LogP) is 3.46. The van der Waals surface area contributed by atoms with Crippen LogP contribution < -0.4 is 4.90 Å². The smallest absolute Gasteiger partial charge is 0.132 e. The van der Waals surface area contributed by atoms with Gasteiger partial charge in [0, 0.05) is 41.6 Å². The van der Waals surface area contributed by atoms with Gasteiger partial charge in [0.05, 0.1) is 5.69 Å². The second-order valence-electron chi connectivity index (χ2n) is 4.22. The first-order chi connectivity index (χ1) is 9.13. The van der Waals surface area contributed by atoms with Crippen molar-refractivity contribution in [3.05, 3.63) is 34.8 Å². The van der Waals surface area contributed by atoms with Crippen LogP contribution in [0.2, 0.25) is 0 Å². The first-order valence-corrected chi connectivity index (χ1v) is 7.15. The molecule has 0 N–H and O–H groups in total. The highest BCUT2D eigenvalue weighted by atomic mass is 79.9. The van der Waals surface area contributed by atoms with E-state index in [0.29, 0.717) is 0 Å². The van der Waals surface area contributed by atoms with Crippen LogP contribution in [0.3, 0.4) is 0 Å². The standard InChI is InChI=1S/C14H17BrN4/c1-4-19(5-2)14-7-13(17-10(3)18-14)11-6-12(15)9-16-8-11/h6-9H,4-5H2,1-3H3. The van der Waals surface area contributed by atoms with Crippen LogP contribution in [0, 0.1) is 6.92 Å². The van der Waals surface area contributed by atoms with Crippen molar-refractivity contribution in [3.8, 4) is 11.3 Å². The largest absolute Gasteiger partial charge is 0.357 e. The second kappa shape index (κ2) is 6.10. The Hall–Kier alpha value is -1.49. The number of pyridine rings is 1. The van der Waals surface area contributed by atoms with Gasteiger partial charge in [0.2, 0.25) is 0 Å². The van der Waals surface area contributed by atoms with Gasteiger partial charge < -0.3 is 4.90 Å². The first-order valence-electron chi connectivity index (χ1n) is 6.35. The molecule has 5 heteroatoms. The molecule has 2 aromatic heterocycles. The van der Waals surface area contributed by atoms with E-state index in [1.165, 1.54) is 0 Å². The van der Waals surface area contributed by atoms with E-state index in [-0.39, 0.29) is 0 Å². The fraction of sp³-hybridized carbons (Fsp3) is 0.357. The summed E-state index contributed by atoms with van der Waals surface area (Å²) >= 11 is 3.44. The number of hydrogen-bond donors (Lipinski definition) is 0. The number of aromatic nitrogens is 3. The molecular weight excluding hydrogens is 304 g/mol. The average molecular weight is 321 g/mol. The lowest BCUT2D eigenvalue weighted by Gasteiger charge is -2.20. The minimum absolute atomic E-state index is 0.777. The second-order valence-corrected chi connectivity index (χ2v) is 5.14. The van der Waals surface area contributed by atoms with Crippen LogP contribution >= 0.6 is 15.9 Å².